The highest BCUT2D eigenvalue weighted by Crippen LogP contribution is 2.30. The van der Waals surface area contributed by atoms with E-state index in [0.29, 0.717) is 0 Å². The van der Waals surface area contributed by atoms with Crippen LogP contribution in [0.5, 0.6) is 0 Å². The molecule has 0 aliphatic carbocycles. The number of rotatable bonds is 3. The van der Waals surface area contributed by atoms with Crippen molar-refractivity contribution >= 4 is 11.3 Å². The fourth-order valence-electron chi connectivity index (χ4n) is 2.15. The minimum Gasteiger partial charge on any atom is -0.329 e. The molecule has 0 aromatic carbocycles. The van der Waals surface area contributed by atoms with Crippen LogP contribution in [0.15, 0.2) is 17.5 Å². The zero-order valence-electron chi connectivity index (χ0n) is 8.48. The summed E-state index contributed by atoms with van der Waals surface area (Å²) in [6.45, 7) is 4.31. The van der Waals surface area contributed by atoms with Crippen molar-refractivity contribution in [3.05, 3.63) is 22.4 Å². The number of nitrogens with two attached hydrogens (primary N) is 1. The molecule has 3 heteroatoms. The van der Waals surface area contributed by atoms with Gasteiger partial charge in [0.05, 0.1) is 0 Å². The van der Waals surface area contributed by atoms with E-state index in [9.17, 15) is 0 Å². The van der Waals surface area contributed by atoms with Gasteiger partial charge >= 0.3 is 0 Å². The SMILES string of the molecule is NCCN1CCC(c2cccs2)CC1. The van der Waals surface area contributed by atoms with Gasteiger partial charge in [0.25, 0.3) is 0 Å². The second-order valence-electron chi connectivity index (χ2n) is 3.92. The lowest BCUT2D eigenvalue weighted by atomic mass is 9.95. The Labute approximate surface area is 89.7 Å². The standard InChI is InChI=1S/C11H18N2S/c12-5-8-13-6-3-10(4-7-13)11-2-1-9-14-11/h1-2,9-10H,3-8,12H2. The van der Waals surface area contributed by atoms with Gasteiger partial charge in [0, 0.05) is 18.0 Å². The number of piperidine rings is 1. The van der Waals surface area contributed by atoms with Crippen LogP contribution in [0.3, 0.4) is 0 Å². The van der Waals surface area contributed by atoms with Crippen LogP contribution < -0.4 is 5.73 Å². The van der Waals surface area contributed by atoms with Gasteiger partial charge in [-0.05, 0) is 43.3 Å². The van der Waals surface area contributed by atoms with Gasteiger partial charge in [0.2, 0.25) is 0 Å². The molecule has 78 valence electrons. The highest BCUT2D eigenvalue weighted by Gasteiger charge is 2.20. The summed E-state index contributed by atoms with van der Waals surface area (Å²) >= 11 is 1.90. The molecular weight excluding hydrogens is 192 g/mol. The van der Waals surface area contributed by atoms with Crippen LogP contribution >= 0.6 is 11.3 Å². The number of nitrogens with zero attached hydrogens (tertiary/aromatic N) is 1. The molecule has 1 saturated heterocycles. The van der Waals surface area contributed by atoms with Gasteiger partial charge in [0.1, 0.15) is 0 Å². The molecule has 1 aromatic heterocycles. The molecule has 1 aliphatic heterocycles. The summed E-state index contributed by atoms with van der Waals surface area (Å²) in [6, 6.07) is 4.43. The van der Waals surface area contributed by atoms with Gasteiger partial charge < -0.3 is 10.6 Å². The van der Waals surface area contributed by atoms with E-state index >= 15 is 0 Å². The van der Waals surface area contributed by atoms with E-state index in [1.54, 1.807) is 4.88 Å². The molecule has 0 atom stereocenters. The van der Waals surface area contributed by atoms with E-state index in [1.807, 2.05) is 11.3 Å². The quantitative estimate of drug-likeness (QED) is 0.825. The molecule has 0 radical (unpaired) electrons. The normalized spacial score (nSPS) is 20.1. The van der Waals surface area contributed by atoms with Crippen LogP contribution in [-0.4, -0.2) is 31.1 Å². The first-order valence-corrected chi connectivity index (χ1v) is 6.24. The average Bonchev–Trinajstić information content (AvgIpc) is 2.72. The molecule has 0 unspecified atom stereocenters. The lowest BCUT2D eigenvalue weighted by molar-refractivity contribution is 0.219. The molecule has 14 heavy (non-hydrogen) atoms. The van der Waals surface area contributed by atoms with Crippen LogP contribution in [0.1, 0.15) is 23.6 Å². The van der Waals surface area contributed by atoms with E-state index in [1.165, 1.54) is 25.9 Å². The van der Waals surface area contributed by atoms with E-state index in [2.05, 4.69) is 22.4 Å². The van der Waals surface area contributed by atoms with Gasteiger partial charge in [-0.15, -0.1) is 11.3 Å². The summed E-state index contributed by atoms with van der Waals surface area (Å²) in [6.07, 6.45) is 2.61. The predicted molar refractivity (Wildman–Crippen MR) is 61.8 cm³/mol. The van der Waals surface area contributed by atoms with Gasteiger partial charge in [-0.3, -0.25) is 0 Å². The van der Waals surface area contributed by atoms with Crippen molar-refractivity contribution in [3.8, 4) is 0 Å². The third-order valence-electron chi connectivity index (χ3n) is 2.98. The van der Waals surface area contributed by atoms with Crippen molar-refractivity contribution in [1.29, 1.82) is 0 Å². The van der Waals surface area contributed by atoms with Crippen molar-refractivity contribution < 1.29 is 0 Å². The molecule has 1 aromatic rings. The minimum absolute atomic E-state index is 0.795. The Kier molecular flexibility index (Phi) is 3.56. The number of thiophene rings is 1. The first kappa shape index (κ1) is 10.1. The first-order chi connectivity index (χ1) is 6.90. The smallest absolute Gasteiger partial charge is 0.0105 e. The highest BCUT2D eigenvalue weighted by atomic mass is 32.1. The fourth-order valence-corrected chi connectivity index (χ4v) is 3.05. The predicted octanol–water partition coefficient (Wildman–Crippen LogP) is 1.89. The topological polar surface area (TPSA) is 29.3 Å². The Bertz CT molecular complexity index is 250. The Balaban J connectivity index is 1.84. The van der Waals surface area contributed by atoms with E-state index in [4.69, 9.17) is 5.73 Å². The summed E-state index contributed by atoms with van der Waals surface area (Å²) in [4.78, 5) is 4.04. The fraction of sp³-hybridized carbons (Fsp3) is 0.636. The second-order valence-corrected chi connectivity index (χ2v) is 4.90. The van der Waals surface area contributed by atoms with Crippen molar-refractivity contribution in [2.45, 2.75) is 18.8 Å². The summed E-state index contributed by atoms with van der Waals surface area (Å²) in [5.41, 5.74) is 5.55. The summed E-state index contributed by atoms with van der Waals surface area (Å²) < 4.78 is 0. The second kappa shape index (κ2) is 4.91. The lowest BCUT2D eigenvalue weighted by Gasteiger charge is -2.31. The van der Waals surface area contributed by atoms with E-state index in [0.717, 1.165) is 19.0 Å². The minimum atomic E-state index is 0.795. The Hall–Kier alpha value is -0.380. The molecule has 1 aliphatic rings. The van der Waals surface area contributed by atoms with E-state index < -0.39 is 0 Å². The maximum Gasteiger partial charge on any atom is 0.0105 e. The van der Waals surface area contributed by atoms with E-state index in [-0.39, 0.29) is 0 Å². The summed E-state index contributed by atoms with van der Waals surface area (Å²) in [5.74, 6) is 0.809. The molecule has 0 bridgehead atoms. The Morgan fingerprint density at radius 2 is 2.21 bits per heavy atom. The van der Waals surface area contributed by atoms with Crippen molar-refractivity contribution in [3.63, 3.8) is 0 Å². The van der Waals surface area contributed by atoms with Crippen LogP contribution in [0.25, 0.3) is 0 Å². The van der Waals surface area contributed by atoms with Crippen molar-refractivity contribution in [1.82, 2.24) is 4.90 Å². The van der Waals surface area contributed by atoms with Crippen LogP contribution in [0.4, 0.5) is 0 Å². The summed E-state index contributed by atoms with van der Waals surface area (Å²) in [5, 5.41) is 2.18. The van der Waals surface area contributed by atoms with Gasteiger partial charge in [0.15, 0.2) is 0 Å². The van der Waals surface area contributed by atoms with Crippen molar-refractivity contribution in [2.75, 3.05) is 26.2 Å². The number of likely N-dealkylation sites (tertiary alicyclic amines) is 1. The third kappa shape index (κ3) is 2.35. The van der Waals surface area contributed by atoms with Gasteiger partial charge in [-0.25, -0.2) is 0 Å². The van der Waals surface area contributed by atoms with Gasteiger partial charge in [-0.2, -0.15) is 0 Å². The maximum atomic E-state index is 5.55. The molecule has 1 fully saturated rings. The molecule has 0 amide bonds. The maximum absolute atomic E-state index is 5.55. The largest absolute Gasteiger partial charge is 0.329 e. The molecular formula is C11H18N2S. The molecule has 2 heterocycles. The first-order valence-electron chi connectivity index (χ1n) is 5.36. The van der Waals surface area contributed by atoms with Gasteiger partial charge in [-0.1, -0.05) is 6.07 Å². The van der Waals surface area contributed by atoms with Crippen LogP contribution in [0.2, 0.25) is 0 Å². The molecule has 0 spiro atoms. The lowest BCUT2D eigenvalue weighted by Crippen LogP contribution is -2.36. The Morgan fingerprint density at radius 3 is 2.79 bits per heavy atom. The average molecular weight is 210 g/mol. The monoisotopic (exact) mass is 210 g/mol. The summed E-state index contributed by atoms with van der Waals surface area (Å²) in [7, 11) is 0. The highest BCUT2D eigenvalue weighted by molar-refractivity contribution is 7.10. The Morgan fingerprint density at radius 1 is 1.43 bits per heavy atom. The van der Waals surface area contributed by atoms with Crippen molar-refractivity contribution in [2.24, 2.45) is 5.73 Å². The number of hydrogen-bond donors (Lipinski definition) is 1. The number of hydrogen-bond acceptors (Lipinski definition) is 3. The molecule has 2 nitrogen and oxygen atoms in total. The molecule has 2 rings (SSSR count). The molecule has 2 N–H and O–H groups in total. The zero-order chi connectivity index (χ0) is 9.80. The van der Waals surface area contributed by atoms with Crippen LogP contribution in [0, 0.1) is 0 Å². The third-order valence-corrected chi connectivity index (χ3v) is 4.01. The molecule has 0 saturated carbocycles. The zero-order valence-corrected chi connectivity index (χ0v) is 9.30. The van der Waals surface area contributed by atoms with Crippen LogP contribution in [-0.2, 0) is 0 Å².